The Balaban J connectivity index is 1.14. The van der Waals surface area contributed by atoms with Crippen LogP contribution in [0.15, 0.2) is 122 Å². The molecule has 196 valence electrons. The van der Waals surface area contributed by atoms with E-state index in [4.69, 9.17) is 0 Å². The molecule has 0 fully saturated rings. The summed E-state index contributed by atoms with van der Waals surface area (Å²) in [6, 6.07) is 26.0. The molecule has 0 N–H and O–H groups in total. The molecule has 2 aromatic carbocycles. The number of hydrogen-bond donors (Lipinski definition) is 0. The molecule has 0 spiro atoms. The van der Waals surface area contributed by atoms with Gasteiger partial charge < -0.3 is 9.80 Å². The molecule has 2 aliphatic rings. The van der Waals surface area contributed by atoms with Crippen LogP contribution in [0.4, 0.5) is 34.1 Å². The number of benzene rings is 2. The van der Waals surface area contributed by atoms with Crippen LogP contribution in [0, 0.1) is 0 Å². The van der Waals surface area contributed by atoms with Gasteiger partial charge >= 0.3 is 0 Å². The van der Waals surface area contributed by atoms with Gasteiger partial charge in [0.2, 0.25) is 0 Å². The van der Waals surface area contributed by atoms with Gasteiger partial charge in [-0.05, 0) is 70.8 Å². The summed E-state index contributed by atoms with van der Waals surface area (Å²) in [5, 5.41) is 0. The third-order valence-electron chi connectivity index (χ3n) is 8.27. The topological polar surface area (TPSA) is 58.0 Å². The quantitative estimate of drug-likeness (QED) is 0.229. The normalized spacial score (nSPS) is 13.7. The van der Waals surface area contributed by atoms with Crippen molar-refractivity contribution in [2.75, 3.05) is 9.80 Å². The largest absolute Gasteiger partial charge is 0.310 e. The van der Waals surface area contributed by atoms with Crippen molar-refractivity contribution in [1.29, 1.82) is 0 Å². The molecule has 0 saturated heterocycles. The van der Waals surface area contributed by atoms with Gasteiger partial charge in [-0.3, -0.25) is 19.9 Å². The maximum Gasteiger partial charge on any atom is 0.0530 e. The van der Waals surface area contributed by atoms with Gasteiger partial charge in [-0.25, -0.2) is 0 Å². The Labute approximate surface area is 238 Å². The van der Waals surface area contributed by atoms with E-state index in [1.807, 2.05) is 49.6 Å². The lowest BCUT2D eigenvalue weighted by molar-refractivity contribution is 0.872. The predicted molar refractivity (Wildman–Crippen MR) is 163 cm³/mol. The van der Waals surface area contributed by atoms with Crippen molar-refractivity contribution in [2.24, 2.45) is 0 Å². The van der Waals surface area contributed by atoms with E-state index in [1.54, 1.807) is 0 Å². The van der Waals surface area contributed by atoms with Crippen molar-refractivity contribution in [3.8, 4) is 11.1 Å². The number of nitrogens with zero attached hydrogens (tertiary/aromatic N) is 6. The summed E-state index contributed by atoms with van der Waals surface area (Å²) < 4.78 is 0. The summed E-state index contributed by atoms with van der Waals surface area (Å²) in [6.45, 7) is 2.22. The minimum atomic E-state index is 0.239. The number of anilines is 6. The highest BCUT2D eigenvalue weighted by Gasteiger charge is 2.29. The predicted octanol–water partition coefficient (Wildman–Crippen LogP) is 8.24. The minimum Gasteiger partial charge on any atom is -0.310 e. The van der Waals surface area contributed by atoms with Crippen molar-refractivity contribution in [3.05, 3.63) is 145 Å². The van der Waals surface area contributed by atoms with E-state index in [2.05, 4.69) is 109 Å². The first kappa shape index (κ1) is 23.5. The molecule has 0 amide bonds. The molecule has 0 bridgehead atoms. The van der Waals surface area contributed by atoms with Gasteiger partial charge in [0.1, 0.15) is 0 Å². The molecule has 6 heterocycles. The zero-order valence-corrected chi connectivity index (χ0v) is 22.5. The van der Waals surface area contributed by atoms with E-state index in [9.17, 15) is 0 Å². The van der Waals surface area contributed by atoms with Gasteiger partial charge in [0, 0.05) is 84.4 Å². The lowest BCUT2D eigenvalue weighted by Crippen LogP contribution is -2.20. The van der Waals surface area contributed by atoms with Crippen molar-refractivity contribution < 1.29 is 0 Å². The maximum atomic E-state index is 4.41. The standard InChI is InChI=1S/C35H26N6/c1-23-30-21-38-16-12-34(30)41(35-13-17-39-22-31(23)35)29-8-4-25(5-9-29)24-2-6-28(7-3-24)40-32-10-14-36-19-26(32)18-27-20-37-15-11-33(27)40/h2-17,19-23H,18H2,1H3. The van der Waals surface area contributed by atoms with Crippen molar-refractivity contribution in [2.45, 2.75) is 19.3 Å². The molecule has 4 aromatic heterocycles. The average Bonchev–Trinajstić information content (AvgIpc) is 3.04. The van der Waals surface area contributed by atoms with Crippen molar-refractivity contribution in [3.63, 3.8) is 0 Å². The average molecular weight is 531 g/mol. The Morgan fingerprint density at radius 3 is 1.34 bits per heavy atom. The second-order valence-corrected chi connectivity index (χ2v) is 10.5. The summed E-state index contributed by atoms with van der Waals surface area (Å²) in [5.41, 5.74) is 14.0. The first-order chi connectivity index (χ1) is 20.3. The summed E-state index contributed by atoms with van der Waals surface area (Å²) in [7, 11) is 0. The highest BCUT2D eigenvalue weighted by atomic mass is 15.2. The van der Waals surface area contributed by atoms with E-state index in [0.29, 0.717) is 0 Å². The molecule has 8 rings (SSSR count). The summed E-state index contributed by atoms with van der Waals surface area (Å²) in [4.78, 5) is 22.2. The zero-order valence-electron chi connectivity index (χ0n) is 22.5. The molecule has 0 radical (unpaired) electrons. The molecule has 41 heavy (non-hydrogen) atoms. The van der Waals surface area contributed by atoms with Gasteiger partial charge in [-0.1, -0.05) is 31.2 Å². The Hall–Kier alpha value is -5.36. The number of pyridine rings is 4. The van der Waals surface area contributed by atoms with Gasteiger partial charge in [-0.2, -0.15) is 0 Å². The highest BCUT2D eigenvalue weighted by molar-refractivity contribution is 5.86. The molecular weight excluding hydrogens is 504 g/mol. The second-order valence-electron chi connectivity index (χ2n) is 10.5. The van der Waals surface area contributed by atoms with Gasteiger partial charge in [0.25, 0.3) is 0 Å². The smallest absolute Gasteiger partial charge is 0.0530 e. The number of fused-ring (bicyclic) bond motifs is 4. The SMILES string of the molecule is CC1c2cnccc2N(c2ccc(-c3ccc(N4c5ccncc5Cc5cnccc54)cc3)cc2)c2ccncc21. The molecule has 0 unspecified atom stereocenters. The van der Waals surface area contributed by atoms with E-state index >= 15 is 0 Å². The van der Waals surface area contributed by atoms with Crippen LogP contribution < -0.4 is 9.80 Å². The number of hydrogen-bond acceptors (Lipinski definition) is 6. The van der Waals surface area contributed by atoms with Gasteiger partial charge in [0.15, 0.2) is 0 Å². The van der Waals surface area contributed by atoms with Crippen LogP contribution >= 0.6 is 0 Å². The summed E-state index contributed by atoms with van der Waals surface area (Å²) in [6.07, 6.45) is 16.2. The van der Waals surface area contributed by atoms with Crippen LogP contribution in [0.5, 0.6) is 0 Å². The minimum absolute atomic E-state index is 0.239. The van der Waals surface area contributed by atoms with E-state index in [0.717, 1.165) is 40.5 Å². The van der Waals surface area contributed by atoms with Crippen LogP contribution in [0.2, 0.25) is 0 Å². The van der Waals surface area contributed by atoms with Crippen LogP contribution in [0.25, 0.3) is 11.1 Å². The Morgan fingerprint density at radius 2 is 0.878 bits per heavy atom. The Bertz CT molecular complexity index is 1810. The van der Waals surface area contributed by atoms with E-state index in [-0.39, 0.29) is 5.92 Å². The lowest BCUT2D eigenvalue weighted by Gasteiger charge is -2.36. The molecule has 0 atom stereocenters. The molecule has 6 heteroatoms. The maximum absolute atomic E-state index is 4.41. The Kier molecular flexibility index (Phi) is 5.38. The van der Waals surface area contributed by atoms with Gasteiger partial charge in [-0.15, -0.1) is 0 Å². The second kappa shape index (κ2) is 9.38. The first-order valence-corrected chi connectivity index (χ1v) is 13.8. The summed E-state index contributed by atoms with van der Waals surface area (Å²) >= 11 is 0. The van der Waals surface area contributed by atoms with Crippen LogP contribution in [0.1, 0.15) is 35.1 Å². The molecule has 2 aliphatic heterocycles. The Morgan fingerprint density at radius 1 is 0.488 bits per heavy atom. The van der Waals surface area contributed by atoms with Crippen LogP contribution in [-0.4, -0.2) is 19.9 Å². The van der Waals surface area contributed by atoms with E-state index < -0.39 is 0 Å². The molecule has 6 aromatic rings. The van der Waals surface area contributed by atoms with Gasteiger partial charge in [0.05, 0.1) is 22.7 Å². The molecular formula is C35H26N6. The summed E-state index contributed by atoms with van der Waals surface area (Å²) in [5.74, 6) is 0.239. The third kappa shape index (κ3) is 3.79. The molecule has 0 aliphatic carbocycles. The number of rotatable bonds is 3. The lowest BCUT2D eigenvalue weighted by atomic mass is 9.88. The first-order valence-electron chi connectivity index (χ1n) is 13.8. The molecule has 6 nitrogen and oxygen atoms in total. The van der Waals surface area contributed by atoms with Crippen molar-refractivity contribution >= 4 is 34.1 Å². The fourth-order valence-corrected chi connectivity index (χ4v) is 6.22. The van der Waals surface area contributed by atoms with Crippen molar-refractivity contribution in [1.82, 2.24) is 19.9 Å². The monoisotopic (exact) mass is 530 g/mol. The fourth-order valence-electron chi connectivity index (χ4n) is 6.22. The zero-order chi connectivity index (χ0) is 27.3. The fraction of sp³-hybridized carbons (Fsp3) is 0.0857. The third-order valence-corrected chi connectivity index (χ3v) is 8.27. The number of aromatic nitrogens is 4. The highest BCUT2D eigenvalue weighted by Crippen LogP contribution is 2.48. The van der Waals surface area contributed by atoms with E-state index in [1.165, 1.54) is 33.4 Å². The van der Waals surface area contributed by atoms with Crippen LogP contribution in [-0.2, 0) is 6.42 Å². The van der Waals surface area contributed by atoms with Crippen LogP contribution in [0.3, 0.4) is 0 Å². The molecule has 0 saturated carbocycles.